The van der Waals surface area contributed by atoms with Crippen LogP contribution in [0.1, 0.15) is 51.6 Å². The first-order valence-electron chi connectivity index (χ1n) is 6.96. The van der Waals surface area contributed by atoms with Crippen molar-refractivity contribution >= 4 is 5.91 Å². The smallest absolute Gasteiger partial charge is 0.223 e. The molecule has 0 aliphatic rings. The largest absolute Gasteiger partial charge is 0.349 e. The number of nitrogens with two attached hydrogens (primary N) is 1. The molecule has 3 atom stereocenters. The molecule has 0 saturated heterocycles. The van der Waals surface area contributed by atoms with Gasteiger partial charge in [-0.15, -0.1) is 0 Å². The van der Waals surface area contributed by atoms with Crippen LogP contribution in [0.4, 0.5) is 0 Å². The van der Waals surface area contributed by atoms with Gasteiger partial charge in [-0.25, -0.2) is 0 Å². The number of nitrogens with zero attached hydrogens (tertiary/aromatic N) is 1. The molecule has 1 amide bonds. The van der Waals surface area contributed by atoms with Gasteiger partial charge in [0.15, 0.2) is 0 Å². The second kappa shape index (κ2) is 7.89. The molecule has 19 heavy (non-hydrogen) atoms. The zero-order valence-corrected chi connectivity index (χ0v) is 12.1. The average molecular weight is 263 g/mol. The Morgan fingerprint density at radius 1 is 1.26 bits per heavy atom. The molecule has 1 aromatic rings. The van der Waals surface area contributed by atoms with E-state index in [0.29, 0.717) is 0 Å². The van der Waals surface area contributed by atoms with Crippen LogP contribution >= 0.6 is 0 Å². The minimum absolute atomic E-state index is 0.0198. The van der Waals surface area contributed by atoms with Crippen molar-refractivity contribution in [3.63, 3.8) is 0 Å². The van der Waals surface area contributed by atoms with Crippen molar-refractivity contribution in [2.24, 2.45) is 11.7 Å². The molecule has 0 bridgehead atoms. The molecule has 0 fully saturated rings. The van der Waals surface area contributed by atoms with Crippen LogP contribution in [0, 0.1) is 5.92 Å². The molecule has 0 aromatic carbocycles. The van der Waals surface area contributed by atoms with Gasteiger partial charge in [-0.3, -0.25) is 9.78 Å². The monoisotopic (exact) mass is 263 g/mol. The van der Waals surface area contributed by atoms with Gasteiger partial charge in [0.25, 0.3) is 0 Å². The lowest BCUT2D eigenvalue weighted by molar-refractivity contribution is -0.125. The number of amides is 1. The highest BCUT2D eigenvalue weighted by atomic mass is 16.1. The predicted molar refractivity (Wildman–Crippen MR) is 77.5 cm³/mol. The number of carbonyl (C=O) groups excluding carboxylic acids is 1. The van der Waals surface area contributed by atoms with E-state index < -0.39 is 0 Å². The van der Waals surface area contributed by atoms with Crippen LogP contribution in [-0.4, -0.2) is 16.9 Å². The van der Waals surface area contributed by atoms with Gasteiger partial charge in [0.2, 0.25) is 5.91 Å². The minimum Gasteiger partial charge on any atom is -0.349 e. The maximum atomic E-state index is 12.0. The van der Waals surface area contributed by atoms with Crippen molar-refractivity contribution < 1.29 is 4.79 Å². The molecule has 4 nitrogen and oxygen atoms in total. The van der Waals surface area contributed by atoms with Crippen LogP contribution in [0.25, 0.3) is 0 Å². The van der Waals surface area contributed by atoms with Crippen molar-refractivity contribution in [3.8, 4) is 0 Å². The fraction of sp³-hybridized carbons (Fsp3) is 0.600. The molecule has 0 radical (unpaired) electrons. The Kier molecular flexibility index (Phi) is 6.50. The minimum atomic E-state index is 0.0198. The number of hydrogen-bond acceptors (Lipinski definition) is 3. The van der Waals surface area contributed by atoms with Crippen LogP contribution in [0.15, 0.2) is 24.5 Å². The van der Waals surface area contributed by atoms with Crippen LogP contribution in [0.3, 0.4) is 0 Å². The van der Waals surface area contributed by atoms with Gasteiger partial charge < -0.3 is 11.1 Å². The molecule has 106 valence electrons. The molecule has 1 rings (SSSR count). The number of nitrogens with one attached hydrogen (secondary N) is 1. The van der Waals surface area contributed by atoms with E-state index in [-0.39, 0.29) is 23.9 Å². The average Bonchev–Trinajstić information content (AvgIpc) is 2.39. The van der Waals surface area contributed by atoms with Crippen molar-refractivity contribution in [3.05, 3.63) is 30.1 Å². The second-order valence-electron chi connectivity index (χ2n) is 5.32. The van der Waals surface area contributed by atoms with Crippen molar-refractivity contribution in [1.29, 1.82) is 0 Å². The van der Waals surface area contributed by atoms with E-state index in [4.69, 9.17) is 5.73 Å². The third-order valence-electron chi connectivity index (χ3n) is 3.31. The van der Waals surface area contributed by atoms with E-state index in [1.54, 1.807) is 12.4 Å². The van der Waals surface area contributed by atoms with Gasteiger partial charge in [0.05, 0.1) is 6.04 Å². The zero-order valence-electron chi connectivity index (χ0n) is 12.1. The quantitative estimate of drug-likeness (QED) is 0.793. The Labute approximate surface area is 115 Å². The summed E-state index contributed by atoms with van der Waals surface area (Å²) in [6, 6.07) is 4.08. The highest BCUT2D eigenvalue weighted by Gasteiger charge is 2.15. The van der Waals surface area contributed by atoms with E-state index in [2.05, 4.69) is 10.3 Å². The molecule has 4 heteroatoms. The lowest BCUT2D eigenvalue weighted by atomic mass is 10.0. The van der Waals surface area contributed by atoms with Crippen LogP contribution in [0.2, 0.25) is 0 Å². The summed E-state index contributed by atoms with van der Waals surface area (Å²) >= 11 is 0. The molecular weight excluding hydrogens is 238 g/mol. The fourth-order valence-corrected chi connectivity index (χ4v) is 1.97. The molecule has 2 unspecified atom stereocenters. The summed E-state index contributed by atoms with van der Waals surface area (Å²) in [7, 11) is 0. The predicted octanol–water partition coefficient (Wildman–Crippen LogP) is 2.41. The molecule has 0 aliphatic heterocycles. The first kappa shape index (κ1) is 15.6. The van der Waals surface area contributed by atoms with Gasteiger partial charge in [0.1, 0.15) is 0 Å². The Bertz CT molecular complexity index is 378. The van der Waals surface area contributed by atoms with Gasteiger partial charge in [-0.1, -0.05) is 13.3 Å². The zero-order chi connectivity index (χ0) is 14.3. The number of pyridine rings is 1. The third kappa shape index (κ3) is 5.83. The summed E-state index contributed by atoms with van der Waals surface area (Å²) in [6.07, 6.45) is 6.33. The van der Waals surface area contributed by atoms with E-state index >= 15 is 0 Å². The first-order chi connectivity index (χ1) is 9.00. The summed E-state index contributed by atoms with van der Waals surface area (Å²) in [5.74, 6) is 0.136. The Morgan fingerprint density at radius 3 is 2.47 bits per heavy atom. The Morgan fingerprint density at radius 2 is 1.89 bits per heavy atom. The molecule has 0 aliphatic carbocycles. The molecular formula is C15H25N3O. The van der Waals surface area contributed by atoms with Gasteiger partial charge in [-0.2, -0.15) is 0 Å². The van der Waals surface area contributed by atoms with Crippen molar-refractivity contribution in [2.75, 3.05) is 0 Å². The molecule has 1 aromatic heterocycles. The first-order valence-corrected chi connectivity index (χ1v) is 6.96. The van der Waals surface area contributed by atoms with Crippen LogP contribution in [0.5, 0.6) is 0 Å². The Hall–Kier alpha value is -1.42. The summed E-state index contributed by atoms with van der Waals surface area (Å²) < 4.78 is 0. The topological polar surface area (TPSA) is 68.0 Å². The summed E-state index contributed by atoms with van der Waals surface area (Å²) in [5, 5.41) is 3.04. The summed E-state index contributed by atoms with van der Waals surface area (Å²) in [4.78, 5) is 16.0. The summed E-state index contributed by atoms with van der Waals surface area (Å²) in [5.41, 5.74) is 6.78. The number of carbonyl (C=O) groups is 1. The van der Waals surface area contributed by atoms with E-state index in [1.807, 2.05) is 32.9 Å². The number of rotatable bonds is 7. The van der Waals surface area contributed by atoms with E-state index in [9.17, 15) is 4.79 Å². The SMILES string of the molecule is CC(N)CCCC(C)C(=O)N[C@H](C)c1ccncc1. The maximum absolute atomic E-state index is 12.0. The third-order valence-corrected chi connectivity index (χ3v) is 3.31. The van der Waals surface area contributed by atoms with Crippen molar-refractivity contribution in [1.82, 2.24) is 10.3 Å². The standard InChI is InChI=1S/C15H25N3O/c1-11(5-4-6-12(2)16)15(19)18-13(3)14-7-9-17-10-8-14/h7-13H,4-6,16H2,1-3H3,(H,18,19)/t11?,12?,13-/m1/s1. The number of hydrogen-bond donors (Lipinski definition) is 2. The van der Waals surface area contributed by atoms with Gasteiger partial charge >= 0.3 is 0 Å². The lowest BCUT2D eigenvalue weighted by Gasteiger charge is -2.18. The van der Waals surface area contributed by atoms with Gasteiger partial charge in [0, 0.05) is 24.4 Å². The molecule has 0 saturated carbocycles. The van der Waals surface area contributed by atoms with Crippen LogP contribution in [-0.2, 0) is 4.79 Å². The second-order valence-corrected chi connectivity index (χ2v) is 5.32. The fourth-order valence-electron chi connectivity index (χ4n) is 1.97. The Balaban J connectivity index is 2.37. The highest BCUT2D eigenvalue weighted by molar-refractivity contribution is 5.78. The van der Waals surface area contributed by atoms with E-state index in [1.165, 1.54) is 0 Å². The molecule has 0 spiro atoms. The van der Waals surface area contributed by atoms with Crippen LogP contribution < -0.4 is 11.1 Å². The lowest BCUT2D eigenvalue weighted by Crippen LogP contribution is -2.31. The van der Waals surface area contributed by atoms with Crippen molar-refractivity contribution in [2.45, 2.75) is 52.1 Å². The highest BCUT2D eigenvalue weighted by Crippen LogP contribution is 2.14. The number of aromatic nitrogens is 1. The van der Waals surface area contributed by atoms with Gasteiger partial charge in [-0.05, 0) is 44.4 Å². The summed E-state index contributed by atoms with van der Waals surface area (Å²) in [6.45, 7) is 5.95. The molecule has 1 heterocycles. The maximum Gasteiger partial charge on any atom is 0.223 e. The normalized spacial score (nSPS) is 15.6. The molecule has 3 N–H and O–H groups in total. The van der Waals surface area contributed by atoms with E-state index in [0.717, 1.165) is 24.8 Å².